The Labute approximate surface area is 90.0 Å². The lowest BCUT2D eigenvalue weighted by molar-refractivity contribution is 0.0193. The van der Waals surface area contributed by atoms with Crippen LogP contribution in [0.3, 0.4) is 0 Å². The molecule has 0 saturated carbocycles. The Balaban J connectivity index is 2.73. The average molecular weight is 294 g/mol. The molecule has 0 atom stereocenters. The summed E-state index contributed by atoms with van der Waals surface area (Å²) in [6.45, 7) is 4.04. The van der Waals surface area contributed by atoms with E-state index < -0.39 is 0 Å². The van der Waals surface area contributed by atoms with Crippen molar-refractivity contribution in [1.82, 2.24) is 9.78 Å². The zero-order valence-corrected chi connectivity index (χ0v) is 9.69. The molecule has 5 heteroatoms. The molecule has 0 aliphatic rings. The predicted octanol–water partition coefficient (Wildman–Crippen LogP) is 1.23. The molecule has 0 saturated heterocycles. The van der Waals surface area contributed by atoms with E-state index in [9.17, 15) is 4.79 Å². The molecule has 1 rings (SSSR count). The van der Waals surface area contributed by atoms with Crippen LogP contribution in [-0.2, 0) is 11.5 Å². The molecule has 13 heavy (non-hydrogen) atoms. The van der Waals surface area contributed by atoms with Gasteiger partial charge >= 0.3 is 0 Å². The molecule has 0 unspecified atom stereocenters. The van der Waals surface area contributed by atoms with Crippen LogP contribution < -0.4 is 5.56 Å². The highest BCUT2D eigenvalue weighted by atomic mass is 127. The number of hydrogen-bond donors (Lipinski definition) is 0. The highest BCUT2D eigenvalue weighted by Crippen LogP contribution is 1.96. The Morgan fingerprint density at radius 1 is 1.69 bits per heavy atom. The van der Waals surface area contributed by atoms with Crippen molar-refractivity contribution < 1.29 is 4.74 Å². The van der Waals surface area contributed by atoms with E-state index in [0.717, 1.165) is 3.57 Å². The molecular weight excluding hydrogens is 283 g/mol. The third-order valence-corrected chi connectivity index (χ3v) is 1.96. The number of nitrogens with zero attached hydrogens (tertiary/aromatic N) is 2. The summed E-state index contributed by atoms with van der Waals surface area (Å²) in [4.78, 5) is 11.3. The van der Waals surface area contributed by atoms with Gasteiger partial charge in [-0.3, -0.25) is 4.79 Å². The van der Waals surface area contributed by atoms with Gasteiger partial charge in [-0.05, 0) is 36.4 Å². The first-order valence-electron chi connectivity index (χ1n) is 3.94. The molecule has 0 spiro atoms. The van der Waals surface area contributed by atoms with Crippen LogP contribution in [0.4, 0.5) is 0 Å². The molecule has 0 aliphatic carbocycles. The Bertz CT molecular complexity index is 335. The van der Waals surface area contributed by atoms with Crippen molar-refractivity contribution in [3.63, 3.8) is 0 Å². The van der Waals surface area contributed by atoms with Crippen molar-refractivity contribution in [2.75, 3.05) is 0 Å². The lowest BCUT2D eigenvalue weighted by Gasteiger charge is -2.07. The molecule has 0 fully saturated rings. The number of halogens is 1. The van der Waals surface area contributed by atoms with Gasteiger partial charge < -0.3 is 4.74 Å². The van der Waals surface area contributed by atoms with Crippen molar-refractivity contribution >= 4 is 22.6 Å². The summed E-state index contributed by atoms with van der Waals surface area (Å²) in [6.07, 6.45) is 1.74. The lowest BCUT2D eigenvalue weighted by Crippen LogP contribution is -2.24. The first-order valence-corrected chi connectivity index (χ1v) is 5.01. The smallest absolute Gasteiger partial charge is 0.269 e. The third-order valence-electron chi connectivity index (χ3n) is 1.37. The molecule has 0 amide bonds. The van der Waals surface area contributed by atoms with E-state index in [4.69, 9.17) is 4.74 Å². The van der Waals surface area contributed by atoms with Gasteiger partial charge in [-0.2, -0.15) is 5.10 Å². The lowest BCUT2D eigenvalue weighted by atomic mass is 10.5. The van der Waals surface area contributed by atoms with Gasteiger partial charge in [0, 0.05) is 9.64 Å². The SMILES string of the molecule is CC(C)OCn1ncc(I)cc1=O. The van der Waals surface area contributed by atoms with Gasteiger partial charge in [-0.1, -0.05) is 0 Å². The molecule has 1 aromatic heterocycles. The standard InChI is InChI=1S/C8H11IN2O2/c1-6(2)13-5-11-8(12)3-7(9)4-10-11/h3-4,6H,5H2,1-2H3. The number of hydrogen-bond acceptors (Lipinski definition) is 3. The van der Waals surface area contributed by atoms with E-state index in [-0.39, 0.29) is 18.4 Å². The van der Waals surface area contributed by atoms with E-state index in [1.165, 1.54) is 10.7 Å². The monoisotopic (exact) mass is 294 g/mol. The summed E-state index contributed by atoms with van der Waals surface area (Å²) in [5.74, 6) is 0. The van der Waals surface area contributed by atoms with Crippen LogP contribution in [0.5, 0.6) is 0 Å². The summed E-state index contributed by atoms with van der Waals surface area (Å²) < 4.78 is 7.38. The van der Waals surface area contributed by atoms with Gasteiger partial charge in [0.1, 0.15) is 6.73 Å². The topological polar surface area (TPSA) is 44.1 Å². The van der Waals surface area contributed by atoms with Crippen LogP contribution in [0.25, 0.3) is 0 Å². The number of rotatable bonds is 3. The summed E-state index contributed by atoms with van der Waals surface area (Å²) in [6, 6.07) is 1.53. The maximum absolute atomic E-state index is 11.3. The van der Waals surface area contributed by atoms with E-state index >= 15 is 0 Å². The maximum Gasteiger partial charge on any atom is 0.269 e. The highest BCUT2D eigenvalue weighted by molar-refractivity contribution is 14.1. The largest absolute Gasteiger partial charge is 0.356 e. The Hall–Kier alpha value is -0.430. The Morgan fingerprint density at radius 2 is 2.38 bits per heavy atom. The van der Waals surface area contributed by atoms with Crippen LogP contribution >= 0.6 is 22.6 Å². The first kappa shape index (κ1) is 10.6. The zero-order chi connectivity index (χ0) is 9.84. The van der Waals surface area contributed by atoms with E-state index in [0.29, 0.717) is 0 Å². The third kappa shape index (κ3) is 3.43. The average Bonchev–Trinajstić information content (AvgIpc) is 2.02. The van der Waals surface area contributed by atoms with Gasteiger partial charge in [0.15, 0.2) is 0 Å². The number of aromatic nitrogens is 2. The highest BCUT2D eigenvalue weighted by Gasteiger charge is 1.99. The van der Waals surface area contributed by atoms with Crippen LogP contribution in [0, 0.1) is 3.57 Å². The molecule has 0 aromatic carbocycles. The molecule has 1 aromatic rings. The Kier molecular flexibility index (Phi) is 3.86. The normalized spacial score (nSPS) is 10.8. The van der Waals surface area contributed by atoms with Crippen molar-refractivity contribution in [1.29, 1.82) is 0 Å². The molecule has 0 bridgehead atoms. The summed E-state index contributed by atoms with van der Waals surface area (Å²) in [5.41, 5.74) is -0.132. The number of ether oxygens (including phenoxy) is 1. The van der Waals surface area contributed by atoms with Gasteiger partial charge in [0.2, 0.25) is 0 Å². The first-order chi connectivity index (χ1) is 6.09. The van der Waals surface area contributed by atoms with Gasteiger partial charge in [-0.25, -0.2) is 4.68 Å². The van der Waals surface area contributed by atoms with E-state index in [2.05, 4.69) is 5.10 Å². The van der Waals surface area contributed by atoms with Crippen molar-refractivity contribution in [2.24, 2.45) is 0 Å². The quantitative estimate of drug-likeness (QED) is 0.788. The molecule has 72 valence electrons. The minimum atomic E-state index is -0.132. The summed E-state index contributed by atoms with van der Waals surface area (Å²) in [5, 5.41) is 3.92. The fourth-order valence-electron chi connectivity index (χ4n) is 0.728. The van der Waals surface area contributed by atoms with Gasteiger partial charge in [0.25, 0.3) is 5.56 Å². The van der Waals surface area contributed by atoms with Crippen LogP contribution in [-0.4, -0.2) is 15.9 Å². The van der Waals surface area contributed by atoms with Gasteiger partial charge in [0.05, 0.1) is 12.3 Å². The fourth-order valence-corrected chi connectivity index (χ4v) is 1.12. The second-order valence-electron chi connectivity index (χ2n) is 2.86. The zero-order valence-electron chi connectivity index (χ0n) is 7.53. The minimum absolute atomic E-state index is 0.105. The molecule has 0 radical (unpaired) electrons. The molecular formula is C8H11IN2O2. The molecule has 0 aliphatic heterocycles. The molecule has 0 N–H and O–H groups in total. The van der Waals surface area contributed by atoms with Crippen LogP contribution in [0.1, 0.15) is 13.8 Å². The predicted molar refractivity (Wildman–Crippen MR) is 57.4 cm³/mol. The van der Waals surface area contributed by atoms with Gasteiger partial charge in [-0.15, -0.1) is 0 Å². The summed E-state index contributed by atoms with van der Waals surface area (Å²) in [7, 11) is 0. The second-order valence-corrected chi connectivity index (χ2v) is 4.10. The van der Waals surface area contributed by atoms with E-state index in [1.807, 2.05) is 36.4 Å². The molecule has 4 nitrogen and oxygen atoms in total. The maximum atomic E-state index is 11.3. The van der Waals surface area contributed by atoms with Crippen LogP contribution in [0.2, 0.25) is 0 Å². The van der Waals surface area contributed by atoms with E-state index in [1.54, 1.807) is 6.20 Å². The second kappa shape index (κ2) is 4.71. The fraction of sp³-hybridized carbons (Fsp3) is 0.500. The summed E-state index contributed by atoms with van der Waals surface area (Å²) >= 11 is 2.05. The minimum Gasteiger partial charge on any atom is -0.356 e. The Morgan fingerprint density at radius 3 is 2.92 bits per heavy atom. The van der Waals surface area contributed by atoms with Crippen LogP contribution in [0.15, 0.2) is 17.1 Å². The van der Waals surface area contributed by atoms with Crippen molar-refractivity contribution in [3.8, 4) is 0 Å². The molecule has 1 heterocycles. The van der Waals surface area contributed by atoms with Crippen molar-refractivity contribution in [2.45, 2.75) is 26.7 Å². The van der Waals surface area contributed by atoms with Crippen molar-refractivity contribution in [3.05, 3.63) is 26.2 Å².